The molecule has 1 amide bonds. The largest absolute Gasteiger partial charge is 0.417 e. The quantitative estimate of drug-likeness (QED) is 0.438. The van der Waals surface area contributed by atoms with Crippen molar-refractivity contribution in [1.29, 1.82) is 0 Å². The fraction of sp³-hybridized carbons (Fsp3) is 0.280. The van der Waals surface area contributed by atoms with E-state index in [1.165, 1.54) is 6.20 Å². The summed E-state index contributed by atoms with van der Waals surface area (Å²) in [6.07, 6.45) is 4.55. The number of nitrogens with one attached hydrogen (secondary N) is 1. The minimum absolute atomic E-state index is 0.00229. The number of fused-ring (bicyclic) bond motifs is 1. The van der Waals surface area contributed by atoms with Crippen LogP contribution in [0.25, 0.3) is 5.52 Å². The molecule has 0 saturated carbocycles. The summed E-state index contributed by atoms with van der Waals surface area (Å²) in [5, 5.41) is 6.90. The maximum absolute atomic E-state index is 13.0. The van der Waals surface area contributed by atoms with E-state index in [1.54, 1.807) is 23.0 Å². The highest BCUT2D eigenvalue weighted by molar-refractivity contribution is 6.04. The Balaban J connectivity index is 1.29. The molecule has 1 fully saturated rings. The number of aryl methyl sites for hydroxylation is 1. The number of alkyl halides is 3. The summed E-state index contributed by atoms with van der Waals surface area (Å²) >= 11 is 0. The predicted octanol–water partition coefficient (Wildman–Crippen LogP) is 4.94. The monoisotopic (exact) mass is 480 g/mol. The molecule has 0 bridgehead atoms. The number of benzene rings is 1. The summed E-state index contributed by atoms with van der Waals surface area (Å²) in [6, 6.07) is 6.26. The molecule has 1 aliphatic heterocycles. The molecule has 0 radical (unpaired) electrons. The van der Waals surface area contributed by atoms with Crippen LogP contribution in [-0.4, -0.2) is 38.6 Å². The maximum atomic E-state index is 13.0. The highest BCUT2D eigenvalue weighted by atomic mass is 19.4. The molecule has 3 aromatic heterocycles. The second-order valence-corrected chi connectivity index (χ2v) is 8.88. The summed E-state index contributed by atoms with van der Waals surface area (Å²) in [5.74, 6) is 0.0918. The van der Waals surface area contributed by atoms with Gasteiger partial charge in [-0.1, -0.05) is 13.0 Å². The maximum Gasteiger partial charge on any atom is 0.417 e. The van der Waals surface area contributed by atoms with Crippen LogP contribution in [0.5, 0.6) is 0 Å². The lowest BCUT2D eigenvalue weighted by Gasteiger charge is -2.44. The number of carbonyl (C=O) groups is 1. The summed E-state index contributed by atoms with van der Waals surface area (Å²) in [4.78, 5) is 22.8. The molecule has 1 aromatic carbocycles. The van der Waals surface area contributed by atoms with Gasteiger partial charge in [-0.15, -0.1) is 0 Å². The van der Waals surface area contributed by atoms with Crippen molar-refractivity contribution in [3.05, 3.63) is 83.7 Å². The normalized spacial score (nSPS) is 15.2. The third kappa shape index (κ3) is 4.43. The zero-order valence-corrected chi connectivity index (χ0v) is 19.1. The van der Waals surface area contributed by atoms with Gasteiger partial charge in [-0.3, -0.25) is 14.8 Å². The van der Waals surface area contributed by atoms with Crippen molar-refractivity contribution in [2.24, 2.45) is 5.92 Å². The molecular formula is C25H23F3N6O. The van der Waals surface area contributed by atoms with E-state index in [1.807, 2.05) is 31.5 Å². The summed E-state index contributed by atoms with van der Waals surface area (Å²) in [7, 11) is 0. The van der Waals surface area contributed by atoms with Crippen LogP contribution < -0.4 is 10.2 Å². The van der Waals surface area contributed by atoms with Crippen molar-refractivity contribution in [1.82, 2.24) is 19.6 Å². The zero-order valence-electron chi connectivity index (χ0n) is 19.1. The minimum atomic E-state index is -4.53. The predicted molar refractivity (Wildman–Crippen MR) is 125 cm³/mol. The number of nitrogens with zero attached hydrogens (tertiary/aromatic N) is 5. The number of halogens is 3. The van der Waals surface area contributed by atoms with E-state index in [4.69, 9.17) is 0 Å². The van der Waals surface area contributed by atoms with E-state index in [9.17, 15) is 18.0 Å². The molecule has 7 nitrogen and oxygen atoms in total. The van der Waals surface area contributed by atoms with Crippen molar-refractivity contribution >= 4 is 22.8 Å². The molecule has 1 N–H and O–H groups in total. The molecule has 1 saturated heterocycles. The van der Waals surface area contributed by atoms with E-state index in [0.29, 0.717) is 11.5 Å². The Morgan fingerprint density at radius 3 is 2.69 bits per heavy atom. The highest BCUT2D eigenvalue weighted by Crippen LogP contribution is 2.37. The Morgan fingerprint density at radius 2 is 1.91 bits per heavy atom. The van der Waals surface area contributed by atoms with E-state index in [0.717, 1.165) is 47.7 Å². The summed E-state index contributed by atoms with van der Waals surface area (Å²) < 4.78 is 40.7. The Morgan fingerprint density at radius 1 is 1.11 bits per heavy atom. The van der Waals surface area contributed by atoms with Crippen LogP contribution in [0, 0.1) is 12.8 Å². The molecule has 5 rings (SSSR count). The number of rotatable bonds is 5. The second kappa shape index (κ2) is 8.68. The smallest absolute Gasteiger partial charge is 0.368 e. The zero-order chi connectivity index (χ0) is 24.7. The van der Waals surface area contributed by atoms with Crippen LogP contribution in [0.4, 0.5) is 24.5 Å². The molecular weight excluding hydrogens is 457 g/mol. The molecule has 1 unspecified atom stereocenters. The summed E-state index contributed by atoms with van der Waals surface area (Å²) in [6.45, 7) is 5.84. The molecule has 4 aromatic rings. The Kier molecular flexibility index (Phi) is 5.66. The van der Waals surface area contributed by atoms with Crippen LogP contribution in [0.3, 0.4) is 0 Å². The number of hydrogen-bond acceptors (Lipinski definition) is 5. The van der Waals surface area contributed by atoms with Crippen LogP contribution >= 0.6 is 0 Å². The lowest BCUT2D eigenvalue weighted by atomic mass is 9.80. The van der Waals surface area contributed by atoms with Gasteiger partial charge in [0, 0.05) is 43.2 Å². The first-order valence-electron chi connectivity index (χ1n) is 11.2. The Labute approximate surface area is 199 Å². The number of anilines is 2. The number of hydrogen-bond donors (Lipinski definition) is 1. The number of pyridine rings is 1. The van der Waals surface area contributed by atoms with E-state index in [2.05, 4.69) is 32.2 Å². The van der Waals surface area contributed by atoms with Gasteiger partial charge in [-0.05, 0) is 42.2 Å². The van der Waals surface area contributed by atoms with Crippen LogP contribution in [0.2, 0.25) is 0 Å². The van der Waals surface area contributed by atoms with Gasteiger partial charge in [0.15, 0.2) is 0 Å². The standard InChI is InChI=1S/C25H23F3N6O/c1-15-3-4-17(24(35)32-20-8-19(9-30-10-20)25(26,27)28)7-21(15)16(2)18-13-33(14-18)22-12-31-34-6-5-29-11-23(22)34/h3-12,16,18H,13-14H2,1-2H3,(H,32,35). The fourth-order valence-corrected chi connectivity index (χ4v) is 4.48. The first-order valence-corrected chi connectivity index (χ1v) is 11.2. The van der Waals surface area contributed by atoms with Gasteiger partial charge >= 0.3 is 6.18 Å². The van der Waals surface area contributed by atoms with Crippen molar-refractivity contribution in [2.75, 3.05) is 23.3 Å². The van der Waals surface area contributed by atoms with Crippen molar-refractivity contribution < 1.29 is 18.0 Å². The van der Waals surface area contributed by atoms with E-state index in [-0.39, 0.29) is 11.6 Å². The third-order valence-electron chi connectivity index (χ3n) is 6.62. The average Bonchev–Trinajstić information content (AvgIpc) is 3.22. The molecule has 180 valence electrons. The third-order valence-corrected chi connectivity index (χ3v) is 6.62. The summed E-state index contributed by atoms with van der Waals surface area (Å²) in [5.41, 5.74) is 3.58. The highest BCUT2D eigenvalue weighted by Gasteiger charge is 2.34. The van der Waals surface area contributed by atoms with Gasteiger partial charge < -0.3 is 10.2 Å². The van der Waals surface area contributed by atoms with Gasteiger partial charge in [0.25, 0.3) is 5.91 Å². The van der Waals surface area contributed by atoms with E-state index >= 15 is 0 Å². The van der Waals surface area contributed by atoms with E-state index < -0.39 is 17.6 Å². The van der Waals surface area contributed by atoms with Gasteiger partial charge in [0.2, 0.25) is 0 Å². The van der Waals surface area contributed by atoms with Crippen molar-refractivity contribution in [3.8, 4) is 0 Å². The lowest BCUT2D eigenvalue weighted by molar-refractivity contribution is -0.137. The molecule has 1 atom stereocenters. The van der Waals surface area contributed by atoms with Crippen LogP contribution in [-0.2, 0) is 6.18 Å². The topological polar surface area (TPSA) is 75.4 Å². The van der Waals surface area contributed by atoms with Gasteiger partial charge in [0.05, 0.1) is 35.5 Å². The van der Waals surface area contributed by atoms with Crippen molar-refractivity contribution in [3.63, 3.8) is 0 Å². The Hall–Kier alpha value is -3.95. The molecule has 1 aliphatic rings. The SMILES string of the molecule is Cc1ccc(C(=O)Nc2cncc(C(F)(F)F)c2)cc1C(C)C1CN(c2cnn3ccncc23)C1. The minimum Gasteiger partial charge on any atom is -0.368 e. The molecule has 10 heteroatoms. The number of carbonyl (C=O) groups excluding carboxylic acids is 1. The van der Waals surface area contributed by atoms with Crippen LogP contribution in [0.1, 0.15) is 39.9 Å². The second-order valence-electron chi connectivity index (χ2n) is 8.88. The number of aromatic nitrogens is 4. The Bertz CT molecular complexity index is 1390. The van der Waals surface area contributed by atoms with Gasteiger partial charge in [-0.25, -0.2) is 4.52 Å². The van der Waals surface area contributed by atoms with Gasteiger partial charge in [0.1, 0.15) is 5.52 Å². The molecule has 35 heavy (non-hydrogen) atoms. The van der Waals surface area contributed by atoms with Crippen LogP contribution in [0.15, 0.2) is 61.4 Å². The first kappa shape index (κ1) is 22.8. The van der Waals surface area contributed by atoms with Gasteiger partial charge in [-0.2, -0.15) is 18.3 Å². The molecule has 4 heterocycles. The average molecular weight is 480 g/mol. The molecule has 0 aliphatic carbocycles. The lowest BCUT2D eigenvalue weighted by Crippen LogP contribution is -2.49. The van der Waals surface area contributed by atoms with Crippen molar-refractivity contribution in [2.45, 2.75) is 25.9 Å². The first-order chi connectivity index (χ1) is 16.7. The number of amides is 1. The fourth-order valence-electron chi connectivity index (χ4n) is 4.48. The molecule has 0 spiro atoms.